The van der Waals surface area contributed by atoms with Gasteiger partial charge in [-0.3, -0.25) is 4.79 Å². The lowest BCUT2D eigenvalue weighted by Gasteiger charge is -2.30. The van der Waals surface area contributed by atoms with Crippen LogP contribution in [0.2, 0.25) is 0 Å². The molecular weight excluding hydrogens is 460 g/mol. The van der Waals surface area contributed by atoms with E-state index in [0.717, 1.165) is 11.1 Å². The number of methoxy groups -OCH3 is 2. The van der Waals surface area contributed by atoms with Gasteiger partial charge in [-0.25, -0.2) is 22.3 Å². The summed E-state index contributed by atoms with van der Waals surface area (Å²) in [5.74, 6) is -2.17. The second kappa shape index (κ2) is 10.8. The van der Waals surface area contributed by atoms with Crippen LogP contribution in [0, 0.1) is 12.8 Å². The molecule has 0 aromatic heterocycles. The van der Waals surface area contributed by atoms with Gasteiger partial charge in [-0.2, -0.15) is 0 Å². The van der Waals surface area contributed by atoms with Crippen molar-refractivity contribution in [2.24, 2.45) is 5.92 Å². The van der Waals surface area contributed by atoms with Gasteiger partial charge in [0.2, 0.25) is 15.9 Å². The lowest BCUT2D eigenvalue weighted by molar-refractivity contribution is -0.120. The first kappa shape index (κ1) is 25.4. The fourth-order valence-electron chi connectivity index (χ4n) is 3.92. The molecule has 1 fully saturated rings. The van der Waals surface area contributed by atoms with E-state index in [1.165, 1.54) is 36.7 Å². The van der Waals surface area contributed by atoms with Gasteiger partial charge in [0.25, 0.3) is 0 Å². The second-order valence-electron chi connectivity index (χ2n) is 8.15. The minimum atomic E-state index is -3.51. The summed E-state index contributed by atoms with van der Waals surface area (Å²) in [5.41, 5.74) is 2.12. The van der Waals surface area contributed by atoms with Crippen molar-refractivity contribution in [1.82, 2.24) is 4.31 Å². The molecule has 34 heavy (non-hydrogen) atoms. The number of sulfonamides is 1. The van der Waals surface area contributed by atoms with Gasteiger partial charge in [0.05, 0.1) is 36.8 Å². The van der Waals surface area contributed by atoms with Crippen molar-refractivity contribution in [3.05, 3.63) is 64.7 Å². The highest BCUT2D eigenvalue weighted by Gasteiger charge is 2.32. The smallest absolute Gasteiger partial charge is 0.339 e. The fraction of sp³-hybridized carbons (Fsp3) is 0.375. The summed E-state index contributed by atoms with van der Waals surface area (Å²) in [4.78, 5) is 36.9. The molecule has 3 rings (SSSR count). The third-order valence-electron chi connectivity index (χ3n) is 5.75. The lowest BCUT2D eigenvalue weighted by Crippen LogP contribution is -2.42. The number of ether oxygens (including phenoxy) is 2. The number of nitrogens with zero attached hydrogens (tertiary/aromatic N) is 1. The number of anilines is 1. The molecule has 0 saturated carbocycles. The van der Waals surface area contributed by atoms with E-state index in [2.05, 4.69) is 5.32 Å². The fourth-order valence-corrected chi connectivity index (χ4v) is 5.47. The van der Waals surface area contributed by atoms with Crippen LogP contribution in [0.15, 0.2) is 42.5 Å². The van der Waals surface area contributed by atoms with Crippen LogP contribution < -0.4 is 5.32 Å². The topological polar surface area (TPSA) is 119 Å². The van der Waals surface area contributed by atoms with Crippen molar-refractivity contribution < 1.29 is 32.3 Å². The Morgan fingerprint density at radius 2 is 1.68 bits per heavy atom. The Bertz CT molecular complexity index is 1190. The molecule has 1 amide bonds. The van der Waals surface area contributed by atoms with E-state index in [1.807, 2.05) is 25.1 Å². The van der Waals surface area contributed by atoms with Crippen molar-refractivity contribution in [3.8, 4) is 0 Å². The first-order valence-corrected chi connectivity index (χ1v) is 12.4. The minimum absolute atomic E-state index is 0.0889. The van der Waals surface area contributed by atoms with Crippen LogP contribution in [0.4, 0.5) is 5.69 Å². The van der Waals surface area contributed by atoms with Crippen molar-refractivity contribution in [3.63, 3.8) is 0 Å². The number of carbonyl (C=O) groups is 3. The van der Waals surface area contributed by atoms with E-state index < -0.39 is 27.9 Å². The Balaban J connectivity index is 1.67. The maximum Gasteiger partial charge on any atom is 0.339 e. The van der Waals surface area contributed by atoms with Gasteiger partial charge in [-0.15, -0.1) is 0 Å². The standard InChI is InChI=1S/C24H28N2O7S/c1-16-5-4-6-17(13-16)15-34(30,31)26-11-9-18(10-12-26)22(27)25-21-14-19(23(28)32-2)7-8-20(21)24(29)33-3/h4-8,13-14,18H,9-12,15H2,1-3H3,(H,25,27). The Labute approximate surface area is 199 Å². The van der Waals surface area contributed by atoms with Crippen LogP contribution in [-0.2, 0) is 30.0 Å². The summed E-state index contributed by atoms with van der Waals surface area (Å²) >= 11 is 0. The highest BCUT2D eigenvalue weighted by atomic mass is 32.2. The molecule has 9 nitrogen and oxygen atoms in total. The average molecular weight is 489 g/mol. The van der Waals surface area contributed by atoms with E-state index in [-0.39, 0.29) is 41.6 Å². The van der Waals surface area contributed by atoms with Crippen molar-refractivity contribution >= 4 is 33.6 Å². The van der Waals surface area contributed by atoms with Crippen LogP contribution in [0.25, 0.3) is 0 Å². The quantitative estimate of drug-likeness (QED) is 0.595. The van der Waals surface area contributed by atoms with Crippen molar-refractivity contribution in [2.45, 2.75) is 25.5 Å². The van der Waals surface area contributed by atoms with E-state index in [9.17, 15) is 22.8 Å². The van der Waals surface area contributed by atoms with Crippen LogP contribution in [0.5, 0.6) is 0 Å². The molecule has 0 aliphatic carbocycles. The number of rotatable bonds is 7. The largest absolute Gasteiger partial charge is 0.465 e. The van der Waals surface area contributed by atoms with Gasteiger partial charge in [0, 0.05) is 19.0 Å². The summed E-state index contributed by atoms with van der Waals surface area (Å²) in [6.07, 6.45) is 0.673. The first-order valence-electron chi connectivity index (χ1n) is 10.8. The molecule has 1 aliphatic heterocycles. The summed E-state index contributed by atoms with van der Waals surface area (Å²) in [6.45, 7) is 2.35. The van der Waals surface area contributed by atoms with Gasteiger partial charge in [-0.05, 0) is 43.5 Å². The maximum atomic E-state index is 12.9. The monoisotopic (exact) mass is 488 g/mol. The zero-order valence-corrected chi connectivity index (χ0v) is 20.2. The Kier molecular flexibility index (Phi) is 8.06. The van der Waals surface area contributed by atoms with Crippen LogP contribution in [0.3, 0.4) is 0 Å². The highest BCUT2D eigenvalue weighted by Crippen LogP contribution is 2.25. The predicted octanol–water partition coefficient (Wildman–Crippen LogP) is 2.75. The summed E-state index contributed by atoms with van der Waals surface area (Å²) in [5, 5.41) is 2.70. The number of nitrogens with one attached hydrogen (secondary N) is 1. The van der Waals surface area contributed by atoms with Gasteiger partial charge in [0.15, 0.2) is 0 Å². The highest BCUT2D eigenvalue weighted by molar-refractivity contribution is 7.88. The lowest BCUT2D eigenvalue weighted by atomic mass is 9.97. The molecule has 1 heterocycles. The Morgan fingerprint density at radius 1 is 1.00 bits per heavy atom. The molecule has 1 saturated heterocycles. The molecule has 0 unspecified atom stereocenters. The molecule has 2 aromatic carbocycles. The van der Waals surface area contributed by atoms with Gasteiger partial charge in [0.1, 0.15) is 0 Å². The summed E-state index contributed by atoms with van der Waals surface area (Å²) in [7, 11) is -1.06. The number of benzene rings is 2. The zero-order chi connectivity index (χ0) is 24.9. The first-order chi connectivity index (χ1) is 16.1. The molecule has 0 bridgehead atoms. The van der Waals surface area contributed by atoms with Gasteiger partial charge >= 0.3 is 11.9 Å². The number of carbonyl (C=O) groups excluding carboxylic acids is 3. The van der Waals surface area contributed by atoms with E-state index in [4.69, 9.17) is 9.47 Å². The van der Waals surface area contributed by atoms with Crippen LogP contribution in [-0.4, -0.2) is 57.9 Å². The third kappa shape index (κ3) is 6.00. The molecule has 182 valence electrons. The zero-order valence-electron chi connectivity index (χ0n) is 19.4. The number of aryl methyl sites for hydroxylation is 1. The summed E-state index contributed by atoms with van der Waals surface area (Å²) < 4.78 is 36.6. The number of hydrogen-bond donors (Lipinski definition) is 1. The molecule has 0 spiro atoms. The SMILES string of the molecule is COC(=O)c1ccc(C(=O)OC)c(NC(=O)C2CCN(S(=O)(=O)Cc3cccc(C)c3)CC2)c1. The van der Waals surface area contributed by atoms with Crippen molar-refractivity contribution in [2.75, 3.05) is 32.6 Å². The molecule has 0 atom stereocenters. The molecule has 10 heteroatoms. The van der Waals surface area contributed by atoms with Gasteiger partial charge < -0.3 is 14.8 Å². The van der Waals surface area contributed by atoms with E-state index in [1.54, 1.807) is 6.07 Å². The van der Waals surface area contributed by atoms with Crippen LogP contribution >= 0.6 is 0 Å². The molecule has 1 aliphatic rings. The molecule has 2 aromatic rings. The third-order valence-corrected chi connectivity index (χ3v) is 7.60. The van der Waals surface area contributed by atoms with E-state index in [0.29, 0.717) is 12.8 Å². The predicted molar refractivity (Wildman–Crippen MR) is 126 cm³/mol. The molecule has 0 radical (unpaired) electrons. The van der Waals surface area contributed by atoms with Gasteiger partial charge in [-0.1, -0.05) is 29.8 Å². The minimum Gasteiger partial charge on any atom is -0.465 e. The molecule has 1 N–H and O–H groups in total. The van der Waals surface area contributed by atoms with E-state index >= 15 is 0 Å². The summed E-state index contributed by atoms with van der Waals surface area (Å²) in [6, 6.07) is 11.5. The Morgan fingerprint density at radius 3 is 2.29 bits per heavy atom. The molecular formula is C24H28N2O7S. The van der Waals surface area contributed by atoms with Crippen LogP contribution in [0.1, 0.15) is 44.7 Å². The number of amides is 1. The maximum absolute atomic E-state index is 12.9. The number of esters is 2. The number of hydrogen-bond acceptors (Lipinski definition) is 7. The Hall–Kier alpha value is -3.24. The normalized spacial score (nSPS) is 14.9. The van der Waals surface area contributed by atoms with Crippen molar-refractivity contribution in [1.29, 1.82) is 0 Å². The average Bonchev–Trinajstić information content (AvgIpc) is 2.82. The second-order valence-corrected chi connectivity index (χ2v) is 10.1. The number of piperidine rings is 1.